The van der Waals surface area contributed by atoms with Gasteiger partial charge in [0.25, 0.3) is 5.91 Å². The Bertz CT molecular complexity index is 862. The molecule has 6 nitrogen and oxygen atoms in total. The van der Waals surface area contributed by atoms with Crippen LogP contribution in [0.4, 0.5) is 0 Å². The van der Waals surface area contributed by atoms with Crippen molar-refractivity contribution in [3.05, 3.63) is 65.2 Å². The molecule has 0 aliphatic heterocycles. The number of Topliss-reactive ketones (excluding diaryl/α,β-unsaturated/α-hetero) is 1. The van der Waals surface area contributed by atoms with Crippen molar-refractivity contribution in [1.82, 2.24) is 5.32 Å². The van der Waals surface area contributed by atoms with E-state index in [1.54, 1.807) is 30.3 Å². The standard InChI is InChI=1S/C22H23NO5/c1-15(23-21(25)14-27-19-8-3-2-4-9-19)22(26)28-13-20(24)18-11-10-16-6-5-7-17(16)12-18/h2-4,8-12,15H,5-7,13-14H2,1H3,(H,23,25)/t15-/m0/s1. The minimum Gasteiger partial charge on any atom is -0.484 e. The molecular weight excluding hydrogens is 358 g/mol. The average molecular weight is 381 g/mol. The van der Waals surface area contributed by atoms with Gasteiger partial charge in [-0.25, -0.2) is 4.79 Å². The van der Waals surface area contributed by atoms with E-state index in [0.29, 0.717) is 11.3 Å². The molecule has 1 amide bonds. The van der Waals surface area contributed by atoms with E-state index < -0.39 is 17.9 Å². The van der Waals surface area contributed by atoms with E-state index in [9.17, 15) is 14.4 Å². The van der Waals surface area contributed by atoms with E-state index in [0.717, 1.165) is 19.3 Å². The summed E-state index contributed by atoms with van der Waals surface area (Å²) in [5.41, 5.74) is 3.01. The molecule has 0 heterocycles. The van der Waals surface area contributed by atoms with Crippen LogP contribution in [0.25, 0.3) is 0 Å². The Hall–Kier alpha value is -3.15. The lowest BCUT2D eigenvalue weighted by Gasteiger charge is -2.13. The Kier molecular flexibility index (Phi) is 6.42. The van der Waals surface area contributed by atoms with Crippen LogP contribution in [0.1, 0.15) is 34.8 Å². The van der Waals surface area contributed by atoms with Crippen LogP contribution in [0.3, 0.4) is 0 Å². The van der Waals surface area contributed by atoms with E-state index >= 15 is 0 Å². The lowest BCUT2D eigenvalue weighted by molar-refractivity contribution is -0.146. The zero-order valence-electron chi connectivity index (χ0n) is 15.8. The number of aryl methyl sites for hydroxylation is 2. The molecule has 0 unspecified atom stereocenters. The maximum Gasteiger partial charge on any atom is 0.328 e. The van der Waals surface area contributed by atoms with Gasteiger partial charge in [0.05, 0.1) is 0 Å². The zero-order valence-corrected chi connectivity index (χ0v) is 15.8. The summed E-state index contributed by atoms with van der Waals surface area (Å²) in [4.78, 5) is 36.2. The highest BCUT2D eigenvalue weighted by molar-refractivity contribution is 5.98. The molecule has 0 saturated heterocycles. The summed E-state index contributed by atoms with van der Waals surface area (Å²) in [7, 11) is 0. The van der Waals surface area contributed by atoms with Crippen molar-refractivity contribution in [2.45, 2.75) is 32.2 Å². The normalized spacial score (nSPS) is 13.3. The number of hydrogen-bond donors (Lipinski definition) is 1. The van der Waals surface area contributed by atoms with Gasteiger partial charge >= 0.3 is 5.97 Å². The summed E-state index contributed by atoms with van der Waals surface area (Å²) in [6.45, 7) is 0.941. The number of amides is 1. The average Bonchev–Trinajstić information content (AvgIpc) is 3.18. The molecule has 0 fully saturated rings. The van der Waals surface area contributed by atoms with Gasteiger partial charge in [-0.1, -0.05) is 30.3 Å². The highest BCUT2D eigenvalue weighted by Crippen LogP contribution is 2.23. The summed E-state index contributed by atoms with van der Waals surface area (Å²) in [5.74, 6) is -0.803. The Morgan fingerprint density at radius 1 is 1.00 bits per heavy atom. The van der Waals surface area contributed by atoms with Crippen LogP contribution in [-0.4, -0.2) is 36.9 Å². The third kappa shape index (κ3) is 5.19. The second-order valence-corrected chi connectivity index (χ2v) is 6.76. The smallest absolute Gasteiger partial charge is 0.328 e. The largest absolute Gasteiger partial charge is 0.484 e. The lowest BCUT2D eigenvalue weighted by Crippen LogP contribution is -2.42. The molecule has 0 aromatic heterocycles. The van der Waals surface area contributed by atoms with E-state index in [2.05, 4.69) is 5.32 Å². The monoisotopic (exact) mass is 381 g/mol. The first kappa shape index (κ1) is 19.6. The van der Waals surface area contributed by atoms with Crippen LogP contribution < -0.4 is 10.1 Å². The van der Waals surface area contributed by atoms with Crippen LogP contribution in [-0.2, 0) is 27.2 Å². The molecule has 6 heteroatoms. The molecule has 2 aromatic carbocycles. The van der Waals surface area contributed by atoms with Gasteiger partial charge < -0.3 is 14.8 Å². The van der Waals surface area contributed by atoms with Crippen molar-refractivity contribution in [1.29, 1.82) is 0 Å². The maximum atomic E-state index is 12.3. The molecule has 0 radical (unpaired) electrons. The van der Waals surface area contributed by atoms with Gasteiger partial charge in [0.15, 0.2) is 19.0 Å². The van der Waals surface area contributed by atoms with Crippen LogP contribution in [0.2, 0.25) is 0 Å². The minimum absolute atomic E-state index is 0.213. The Morgan fingerprint density at radius 2 is 1.75 bits per heavy atom. The fourth-order valence-electron chi connectivity index (χ4n) is 3.10. The topological polar surface area (TPSA) is 81.7 Å². The number of benzene rings is 2. The first-order valence-electron chi connectivity index (χ1n) is 9.32. The summed E-state index contributed by atoms with van der Waals surface area (Å²) >= 11 is 0. The van der Waals surface area contributed by atoms with E-state index in [1.165, 1.54) is 18.1 Å². The number of hydrogen-bond acceptors (Lipinski definition) is 5. The molecular formula is C22H23NO5. The van der Waals surface area contributed by atoms with Crippen molar-refractivity contribution in [2.24, 2.45) is 0 Å². The summed E-state index contributed by atoms with van der Waals surface area (Å²) < 4.78 is 10.4. The maximum absolute atomic E-state index is 12.3. The van der Waals surface area contributed by atoms with Crippen molar-refractivity contribution >= 4 is 17.7 Å². The summed E-state index contributed by atoms with van der Waals surface area (Å²) in [5, 5.41) is 2.50. The van der Waals surface area contributed by atoms with E-state index in [4.69, 9.17) is 9.47 Å². The quantitative estimate of drug-likeness (QED) is 0.561. The Morgan fingerprint density at radius 3 is 2.54 bits per heavy atom. The number of carbonyl (C=O) groups excluding carboxylic acids is 3. The first-order chi connectivity index (χ1) is 13.5. The predicted molar refractivity (Wildman–Crippen MR) is 103 cm³/mol. The van der Waals surface area contributed by atoms with Gasteiger partial charge in [0.1, 0.15) is 11.8 Å². The Balaban J connectivity index is 1.42. The number of carbonyl (C=O) groups is 3. The highest BCUT2D eigenvalue weighted by Gasteiger charge is 2.20. The molecule has 146 valence electrons. The SMILES string of the molecule is C[C@H](NC(=O)COc1ccccc1)C(=O)OCC(=O)c1ccc2c(c1)CCC2. The molecule has 3 rings (SSSR count). The molecule has 0 spiro atoms. The van der Waals surface area contributed by atoms with Crippen molar-refractivity contribution in [2.75, 3.05) is 13.2 Å². The van der Waals surface area contributed by atoms with Crippen LogP contribution in [0.5, 0.6) is 5.75 Å². The molecule has 1 atom stereocenters. The fourth-order valence-corrected chi connectivity index (χ4v) is 3.10. The van der Waals surface area contributed by atoms with E-state index in [1.807, 2.05) is 18.2 Å². The molecule has 0 saturated carbocycles. The number of esters is 1. The van der Waals surface area contributed by atoms with Gasteiger partial charge in [0, 0.05) is 5.56 Å². The molecule has 0 bridgehead atoms. The number of para-hydroxylation sites is 1. The van der Waals surface area contributed by atoms with Crippen LogP contribution in [0.15, 0.2) is 48.5 Å². The van der Waals surface area contributed by atoms with Gasteiger partial charge in [-0.3, -0.25) is 9.59 Å². The molecule has 2 aromatic rings. The number of rotatable bonds is 8. The molecule has 1 aliphatic rings. The third-order valence-corrected chi connectivity index (χ3v) is 4.61. The first-order valence-corrected chi connectivity index (χ1v) is 9.32. The second kappa shape index (κ2) is 9.17. The van der Waals surface area contributed by atoms with Crippen molar-refractivity contribution in [3.63, 3.8) is 0 Å². The number of fused-ring (bicyclic) bond motifs is 1. The number of ketones is 1. The van der Waals surface area contributed by atoms with Gasteiger partial charge in [-0.2, -0.15) is 0 Å². The van der Waals surface area contributed by atoms with Gasteiger partial charge in [-0.05, 0) is 55.5 Å². The summed E-state index contributed by atoms with van der Waals surface area (Å²) in [6.07, 6.45) is 3.13. The lowest BCUT2D eigenvalue weighted by atomic mass is 10.0. The number of ether oxygens (including phenoxy) is 2. The van der Waals surface area contributed by atoms with Gasteiger partial charge in [0.2, 0.25) is 0 Å². The van der Waals surface area contributed by atoms with Crippen LogP contribution in [0, 0.1) is 0 Å². The Labute approximate surface area is 163 Å². The molecule has 1 aliphatic carbocycles. The van der Waals surface area contributed by atoms with E-state index in [-0.39, 0.29) is 19.0 Å². The predicted octanol–water partition coefficient (Wildman–Crippen LogP) is 2.48. The second-order valence-electron chi connectivity index (χ2n) is 6.76. The highest BCUT2D eigenvalue weighted by atomic mass is 16.5. The van der Waals surface area contributed by atoms with Gasteiger partial charge in [-0.15, -0.1) is 0 Å². The summed E-state index contributed by atoms with van der Waals surface area (Å²) in [6, 6.07) is 13.6. The fraction of sp³-hybridized carbons (Fsp3) is 0.318. The minimum atomic E-state index is -0.875. The number of nitrogens with one attached hydrogen (secondary N) is 1. The molecule has 1 N–H and O–H groups in total. The van der Waals surface area contributed by atoms with Crippen molar-refractivity contribution in [3.8, 4) is 5.75 Å². The van der Waals surface area contributed by atoms with Crippen LogP contribution >= 0.6 is 0 Å². The third-order valence-electron chi connectivity index (χ3n) is 4.61. The van der Waals surface area contributed by atoms with Crippen molar-refractivity contribution < 1.29 is 23.9 Å². The molecule has 28 heavy (non-hydrogen) atoms. The zero-order chi connectivity index (χ0) is 19.9.